The van der Waals surface area contributed by atoms with Crippen molar-refractivity contribution in [1.29, 1.82) is 0 Å². The van der Waals surface area contributed by atoms with Crippen LogP contribution in [-0.4, -0.2) is 16.4 Å². The molecular weight excluding hydrogens is 366 g/mol. The van der Waals surface area contributed by atoms with Crippen molar-refractivity contribution in [2.45, 2.75) is 6.54 Å². The first-order valence-corrected chi connectivity index (χ1v) is 8.47. The second-order valence-corrected chi connectivity index (χ2v) is 6.28. The van der Waals surface area contributed by atoms with E-state index in [2.05, 4.69) is 5.32 Å². The molecule has 0 radical (unpaired) electrons. The largest absolute Gasteiger partial charge is 0.366 e. The van der Waals surface area contributed by atoms with E-state index in [9.17, 15) is 14.4 Å². The zero-order chi connectivity index (χ0) is 19.4. The SMILES string of the molecule is NC(=O)c1ccc(NC(=O)c2ccc(=O)n(Cc3ccccc3Cl)c2)cc1. The van der Waals surface area contributed by atoms with Crippen LogP contribution in [0.3, 0.4) is 0 Å². The van der Waals surface area contributed by atoms with E-state index in [0.29, 0.717) is 21.8 Å². The van der Waals surface area contributed by atoms with Gasteiger partial charge >= 0.3 is 0 Å². The minimum Gasteiger partial charge on any atom is -0.366 e. The summed E-state index contributed by atoms with van der Waals surface area (Å²) in [6.45, 7) is 0.257. The van der Waals surface area contributed by atoms with Gasteiger partial charge in [0.25, 0.3) is 11.5 Å². The third-order valence-electron chi connectivity index (χ3n) is 3.97. The average molecular weight is 382 g/mol. The van der Waals surface area contributed by atoms with Crippen molar-refractivity contribution in [2.75, 3.05) is 5.32 Å². The second kappa shape index (κ2) is 7.88. The molecule has 2 amide bonds. The maximum Gasteiger partial charge on any atom is 0.257 e. The van der Waals surface area contributed by atoms with Gasteiger partial charge in [-0.15, -0.1) is 0 Å². The minimum absolute atomic E-state index is 0.239. The molecule has 7 heteroatoms. The Hall–Kier alpha value is -3.38. The fourth-order valence-corrected chi connectivity index (χ4v) is 2.72. The molecule has 0 saturated carbocycles. The monoisotopic (exact) mass is 381 g/mol. The Kier molecular flexibility index (Phi) is 5.38. The summed E-state index contributed by atoms with van der Waals surface area (Å²) in [7, 11) is 0. The summed E-state index contributed by atoms with van der Waals surface area (Å²) in [5, 5.41) is 3.26. The van der Waals surface area contributed by atoms with Gasteiger partial charge in [-0.3, -0.25) is 14.4 Å². The van der Waals surface area contributed by atoms with Crippen molar-refractivity contribution in [3.63, 3.8) is 0 Å². The van der Waals surface area contributed by atoms with E-state index >= 15 is 0 Å². The normalized spacial score (nSPS) is 10.4. The highest BCUT2D eigenvalue weighted by Gasteiger charge is 2.10. The molecule has 1 heterocycles. The molecule has 0 aliphatic carbocycles. The maximum atomic E-state index is 12.5. The summed E-state index contributed by atoms with van der Waals surface area (Å²) >= 11 is 6.14. The van der Waals surface area contributed by atoms with E-state index in [-0.39, 0.29) is 18.0 Å². The molecule has 0 unspecified atom stereocenters. The fourth-order valence-electron chi connectivity index (χ4n) is 2.52. The molecule has 1 aromatic heterocycles. The minimum atomic E-state index is -0.542. The smallest absolute Gasteiger partial charge is 0.257 e. The molecule has 3 rings (SSSR count). The first-order valence-electron chi connectivity index (χ1n) is 8.09. The van der Waals surface area contributed by atoms with Crippen molar-refractivity contribution < 1.29 is 9.59 Å². The Morgan fingerprint density at radius 2 is 1.63 bits per heavy atom. The van der Waals surface area contributed by atoms with Crippen molar-refractivity contribution in [2.24, 2.45) is 5.73 Å². The number of rotatable bonds is 5. The average Bonchev–Trinajstić information content (AvgIpc) is 2.65. The highest BCUT2D eigenvalue weighted by molar-refractivity contribution is 6.31. The number of primary amides is 1. The van der Waals surface area contributed by atoms with Gasteiger partial charge in [-0.1, -0.05) is 29.8 Å². The van der Waals surface area contributed by atoms with Gasteiger partial charge in [-0.2, -0.15) is 0 Å². The lowest BCUT2D eigenvalue weighted by atomic mass is 10.2. The van der Waals surface area contributed by atoms with Gasteiger partial charge in [-0.25, -0.2) is 0 Å². The van der Waals surface area contributed by atoms with Crippen LogP contribution in [0.15, 0.2) is 71.7 Å². The summed E-state index contributed by atoms with van der Waals surface area (Å²) in [6, 6.07) is 16.2. The van der Waals surface area contributed by atoms with Crippen molar-refractivity contribution in [1.82, 2.24) is 4.57 Å². The zero-order valence-corrected chi connectivity index (χ0v) is 14.9. The highest BCUT2D eigenvalue weighted by atomic mass is 35.5. The number of nitrogens with two attached hydrogens (primary N) is 1. The third kappa shape index (κ3) is 4.43. The zero-order valence-electron chi connectivity index (χ0n) is 14.2. The lowest BCUT2D eigenvalue weighted by molar-refractivity contribution is 0.0998. The molecule has 0 aliphatic rings. The van der Waals surface area contributed by atoms with Crippen LogP contribution >= 0.6 is 11.6 Å². The number of nitrogens with zero attached hydrogens (tertiary/aromatic N) is 1. The standard InChI is InChI=1S/C20H16ClN3O3/c21-17-4-2-1-3-14(17)11-24-12-15(7-10-18(24)25)20(27)23-16-8-5-13(6-9-16)19(22)26/h1-10,12H,11H2,(H2,22,26)(H,23,27). The number of nitrogens with one attached hydrogen (secondary N) is 1. The van der Waals surface area contributed by atoms with Gasteiger partial charge in [0.1, 0.15) is 0 Å². The second-order valence-electron chi connectivity index (χ2n) is 5.87. The van der Waals surface area contributed by atoms with Crippen LogP contribution in [0.4, 0.5) is 5.69 Å². The topological polar surface area (TPSA) is 94.2 Å². The van der Waals surface area contributed by atoms with Crippen LogP contribution in [0.25, 0.3) is 0 Å². The molecule has 0 atom stereocenters. The Morgan fingerprint density at radius 1 is 0.963 bits per heavy atom. The number of pyridine rings is 1. The molecule has 2 aromatic carbocycles. The number of benzene rings is 2. The molecule has 0 bridgehead atoms. The van der Waals surface area contributed by atoms with E-state index < -0.39 is 5.91 Å². The van der Waals surface area contributed by atoms with E-state index in [1.54, 1.807) is 18.2 Å². The van der Waals surface area contributed by atoms with Crippen LogP contribution in [0.2, 0.25) is 5.02 Å². The number of anilines is 1. The summed E-state index contributed by atoms with van der Waals surface area (Å²) in [5.74, 6) is -0.922. The number of carbonyl (C=O) groups is 2. The number of hydrogen-bond donors (Lipinski definition) is 2. The summed E-state index contributed by atoms with van der Waals surface area (Å²) in [6.07, 6.45) is 1.48. The molecule has 0 aliphatic heterocycles. The van der Waals surface area contributed by atoms with E-state index in [1.807, 2.05) is 18.2 Å². The van der Waals surface area contributed by atoms with Gasteiger partial charge in [-0.05, 0) is 42.0 Å². The van der Waals surface area contributed by atoms with Crippen molar-refractivity contribution >= 4 is 29.1 Å². The van der Waals surface area contributed by atoms with Crippen LogP contribution in [0.5, 0.6) is 0 Å². The lowest BCUT2D eigenvalue weighted by Gasteiger charge is -2.10. The Bertz CT molecular complexity index is 1060. The summed E-state index contributed by atoms with van der Waals surface area (Å²) < 4.78 is 1.42. The Morgan fingerprint density at radius 3 is 2.30 bits per heavy atom. The number of carbonyl (C=O) groups excluding carboxylic acids is 2. The van der Waals surface area contributed by atoms with Crippen LogP contribution in [0.1, 0.15) is 26.3 Å². The van der Waals surface area contributed by atoms with Crippen molar-refractivity contribution in [3.8, 4) is 0 Å². The lowest BCUT2D eigenvalue weighted by Crippen LogP contribution is -2.22. The highest BCUT2D eigenvalue weighted by Crippen LogP contribution is 2.16. The summed E-state index contributed by atoms with van der Waals surface area (Å²) in [4.78, 5) is 35.7. The number of halogens is 1. The third-order valence-corrected chi connectivity index (χ3v) is 4.34. The molecule has 136 valence electrons. The number of amides is 2. The Labute approximate surface area is 160 Å². The maximum absolute atomic E-state index is 12.5. The molecule has 3 aromatic rings. The van der Waals surface area contributed by atoms with E-state index in [4.69, 9.17) is 17.3 Å². The van der Waals surface area contributed by atoms with Gasteiger partial charge in [0, 0.05) is 28.5 Å². The quantitative estimate of drug-likeness (QED) is 0.711. The Balaban J connectivity index is 1.80. The van der Waals surface area contributed by atoms with Gasteiger partial charge in [0.2, 0.25) is 5.91 Å². The molecule has 0 fully saturated rings. The predicted octanol–water partition coefficient (Wildman–Crippen LogP) is 2.90. The van der Waals surface area contributed by atoms with Crippen molar-refractivity contribution in [3.05, 3.63) is 98.9 Å². The molecule has 0 saturated heterocycles. The molecule has 3 N–H and O–H groups in total. The molecular formula is C20H16ClN3O3. The number of hydrogen-bond acceptors (Lipinski definition) is 3. The van der Waals surface area contributed by atoms with Crippen LogP contribution in [0, 0.1) is 0 Å². The van der Waals surface area contributed by atoms with Crippen LogP contribution in [-0.2, 0) is 6.54 Å². The molecule has 27 heavy (non-hydrogen) atoms. The predicted molar refractivity (Wildman–Crippen MR) is 104 cm³/mol. The fraction of sp³-hybridized carbons (Fsp3) is 0.0500. The summed E-state index contributed by atoms with van der Waals surface area (Å²) in [5.41, 5.74) is 6.91. The first kappa shape index (κ1) is 18.4. The number of aromatic nitrogens is 1. The first-order chi connectivity index (χ1) is 12.9. The van der Waals surface area contributed by atoms with E-state index in [0.717, 1.165) is 5.56 Å². The molecule has 6 nitrogen and oxygen atoms in total. The van der Waals surface area contributed by atoms with Gasteiger partial charge in [0.15, 0.2) is 0 Å². The molecule has 0 spiro atoms. The van der Waals surface area contributed by atoms with Crippen LogP contribution < -0.4 is 16.6 Å². The van der Waals surface area contributed by atoms with Gasteiger partial charge < -0.3 is 15.6 Å². The van der Waals surface area contributed by atoms with Gasteiger partial charge in [0.05, 0.1) is 12.1 Å². The van der Waals surface area contributed by atoms with E-state index in [1.165, 1.54) is 35.0 Å².